The minimum atomic E-state index is 0.224. The van der Waals surface area contributed by atoms with Crippen LogP contribution in [0.25, 0.3) is 11.1 Å². The van der Waals surface area contributed by atoms with Crippen LogP contribution in [-0.2, 0) is 6.42 Å². The molecule has 0 aromatic heterocycles. The summed E-state index contributed by atoms with van der Waals surface area (Å²) in [4.78, 5) is 0. The van der Waals surface area contributed by atoms with E-state index in [0.29, 0.717) is 0 Å². The lowest BCUT2D eigenvalue weighted by Gasteiger charge is -2.14. The third-order valence-corrected chi connectivity index (χ3v) is 3.21. The highest BCUT2D eigenvalue weighted by Crippen LogP contribution is 2.35. The van der Waals surface area contributed by atoms with Crippen LogP contribution >= 0.6 is 0 Å². The van der Waals surface area contributed by atoms with Crippen LogP contribution in [-0.4, -0.2) is 12.2 Å². The fourth-order valence-corrected chi connectivity index (χ4v) is 2.20. The van der Waals surface area contributed by atoms with Gasteiger partial charge in [0.15, 0.2) is 0 Å². The fourth-order valence-electron chi connectivity index (χ4n) is 2.20. The lowest BCUT2D eigenvalue weighted by Crippen LogP contribution is -1.95. The van der Waals surface area contributed by atoms with Crippen LogP contribution < -0.4 is 4.74 Å². The molecule has 20 heavy (non-hydrogen) atoms. The van der Waals surface area contributed by atoms with Crippen LogP contribution in [0.15, 0.2) is 54.1 Å². The molecule has 2 nitrogen and oxygen atoms in total. The predicted octanol–water partition coefficient (Wildman–Crippen LogP) is 4.58. The summed E-state index contributed by atoms with van der Waals surface area (Å²) >= 11 is 0. The first-order chi connectivity index (χ1) is 9.61. The van der Waals surface area contributed by atoms with E-state index in [1.165, 1.54) is 5.57 Å². The molecule has 0 aliphatic carbocycles. The molecule has 0 saturated carbocycles. The molecule has 2 heteroatoms. The molecule has 0 spiro atoms. The zero-order chi connectivity index (χ0) is 14.5. The van der Waals surface area contributed by atoms with Gasteiger partial charge in [-0.05, 0) is 37.5 Å². The van der Waals surface area contributed by atoms with Crippen molar-refractivity contribution >= 4 is 0 Å². The second-order valence-corrected chi connectivity index (χ2v) is 5.03. The van der Waals surface area contributed by atoms with Crippen molar-refractivity contribution in [2.75, 3.05) is 7.11 Å². The van der Waals surface area contributed by atoms with Crippen LogP contribution in [0.1, 0.15) is 19.4 Å². The highest BCUT2D eigenvalue weighted by molar-refractivity contribution is 5.72. The first-order valence-corrected chi connectivity index (χ1v) is 6.70. The summed E-state index contributed by atoms with van der Waals surface area (Å²) in [5.41, 5.74) is 4.45. The van der Waals surface area contributed by atoms with Gasteiger partial charge in [0.25, 0.3) is 0 Å². The largest absolute Gasteiger partial charge is 0.508 e. The van der Waals surface area contributed by atoms with E-state index in [2.05, 4.69) is 19.9 Å². The maximum atomic E-state index is 9.89. The molecule has 0 aliphatic rings. The van der Waals surface area contributed by atoms with Crippen molar-refractivity contribution in [3.8, 4) is 22.6 Å². The van der Waals surface area contributed by atoms with Gasteiger partial charge in [0.05, 0.1) is 7.11 Å². The summed E-state index contributed by atoms with van der Waals surface area (Å²) in [5, 5.41) is 9.89. The highest BCUT2D eigenvalue weighted by Gasteiger charge is 2.12. The topological polar surface area (TPSA) is 29.5 Å². The summed E-state index contributed by atoms with van der Waals surface area (Å²) in [5.74, 6) is 0.947. The summed E-state index contributed by atoms with van der Waals surface area (Å²) < 4.78 is 5.43. The van der Waals surface area contributed by atoms with E-state index < -0.39 is 0 Å². The highest BCUT2D eigenvalue weighted by atomic mass is 16.5. The number of hydrogen-bond donors (Lipinski definition) is 1. The van der Waals surface area contributed by atoms with Crippen molar-refractivity contribution in [1.82, 2.24) is 0 Å². The quantitative estimate of drug-likeness (QED) is 0.823. The summed E-state index contributed by atoms with van der Waals surface area (Å²) in [7, 11) is 1.63. The number of benzene rings is 2. The third kappa shape index (κ3) is 3.21. The Morgan fingerprint density at radius 2 is 1.85 bits per heavy atom. The van der Waals surface area contributed by atoms with E-state index in [1.54, 1.807) is 19.2 Å². The van der Waals surface area contributed by atoms with Gasteiger partial charge in [0.1, 0.15) is 11.5 Å². The smallest absolute Gasteiger partial charge is 0.126 e. The number of hydrogen-bond acceptors (Lipinski definition) is 2. The van der Waals surface area contributed by atoms with Gasteiger partial charge in [-0.15, -0.1) is 0 Å². The summed E-state index contributed by atoms with van der Waals surface area (Å²) in [6.45, 7) is 4.16. The summed E-state index contributed by atoms with van der Waals surface area (Å²) in [6, 6.07) is 13.5. The number of rotatable bonds is 4. The second-order valence-electron chi connectivity index (χ2n) is 5.03. The molecular formula is C18H20O2. The average molecular weight is 268 g/mol. The molecule has 0 atom stereocenters. The third-order valence-electron chi connectivity index (χ3n) is 3.21. The van der Waals surface area contributed by atoms with Crippen molar-refractivity contribution in [3.63, 3.8) is 0 Å². The van der Waals surface area contributed by atoms with Crippen LogP contribution in [0.4, 0.5) is 0 Å². The molecule has 0 heterocycles. The Kier molecular flexibility index (Phi) is 4.46. The van der Waals surface area contributed by atoms with Gasteiger partial charge in [-0.1, -0.05) is 42.0 Å². The van der Waals surface area contributed by atoms with Gasteiger partial charge in [0, 0.05) is 11.6 Å². The van der Waals surface area contributed by atoms with Gasteiger partial charge < -0.3 is 9.84 Å². The Bertz CT molecular complexity index is 609. The molecule has 0 saturated heterocycles. The van der Waals surface area contributed by atoms with E-state index in [0.717, 1.165) is 28.9 Å². The SMILES string of the molecule is COc1cc(O)cc(-c2ccccc2)c1CC=C(C)C. The predicted molar refractivity (Wildman–Crippen MR) is 83.2 cm³/mol. The van der Waals surface area contributed by atoms with E-state index in [-0.39, 0.29) is 5.75 Å². The first kappa shape index (κ1) is 14.2. The molecule has 0 unspecified atom stereocenters. The monoisotopic (exact) mass is 268 g/mol. The standard InChI is InChI=1S/C18H20O2/c1-13(2)9-10-16-17(14-7-5-4-6-8-14)11-15(19)12-18(16)20-3/h4-9,11-12,19H,10H2,1-3H3. The van der Waals surface area contributed by atoms with Gasteiger partial charge in [0.2, 0.25) is 0 Å². The maximum absolute atomic E-state index is 9.89. The minimum Gasteiger partial charge on any atom is -0.508 e. The maximum Gasteiger partial charge on any atom is 0.126 e. The first-order valence-electron chi connectivity index (χ1n) is 6.70. The van der Waals surface area contributed by atoms with Crippen molar-refractivity contribution in [2.24, 2.45) is 0 Å². The molecule has 2 aromatic carbocycles. The molecule has 0 bridgehead atoms. The van der Waals surface area contributed by atoms with Crippen LogP contribution in [0.2, 0.25) is 0 Å². The van der Waals surface area contributed by atoms with E-state index in [4.69, 9.17) is 4.74 Å². The number of phenols is 1. The number of ether oxygens (including phenoxy) is 1. The Morgan fingerprint density at radius 1 is 1.15 bits per heavy atom. The summed E-state index contributed by atoms with van der Waals surface area (Å²) in [6.07, 6.45) is 2.96. The number of aromatic hydroxyl groups is 1. The molecule has 0 fully saturated rings. The normalized spacial score (nSPS) is 10.2. The average Bonchev–Trinajstić information content (AvgIpc) is 2.45. The van der Waals surface area contributed by atoms with Crippen LogP contribution in [0, 0.1) is 0 Å². The molecule has 0 aliphatic heterocycles. The van der Waals surface area contributed by atoms with E-state index in [1.807, 2.05) is 30.3 Å². The lowest BCUT2D eigenvalue weighted by atomic mass is 9.95. The zero-order valence-corrected chi connectivity index (χ0v) is 12.2. The van der Waals surface area contributed by atoms with Crippen molar-refractivity contribution < 1.29 is 9.84 Å². The van der Waals surface area contributed by atoms with E-state index >= 15 is 0 Å². The van der Waals surface area contributed by atoms with Gasteiger partial charge >= 0.3 is 0 Å². The molecule has 0 amide bonds. The molecule has 2 rings (SSSR count). The Hall–Kier alpha value is -2.22. The van der Waals surface area contributed by atoms with Crippen LogP contribution in [0.3, 0.4) is 0 Å². The van der Waals surface area contributed by atoms with Crippen molar-refractivity contribution in [3.05, 3.63) is 59.7 Å². The molecule has 2 aromatic rings. The van der Waals surface area contributed by atoms with Crippen molar-refractivity contribution in [1.29, 1.82) is 0 Å². The molecule has 1 N–H and O–H groups in total. The van der Waals surface area contributed by atoms with Gasteiger partial charge in [-0.25, -0.2) is 0 Å². The van der Waals surface area contributed by atoms with Gasteiger partial charge in [-0.3, -0.25) is 0 Å². The van der Waals surface area contributed by atoms with Crippen LogP contribution in [0.5, 0.6) is 11.5 Å². The Morgan fingerprint density at radius 3 is 2.45 bits per heavy atom. The Balaban J connectivity index is 2.59. The van der Waals surface area contributed by atoms with Crippen molar-refractivity contribution in [2.45, 2.75) is 20.3 Å². The van der Waals surface area contributed by atoms with E-state index in [9.17, 15) is 5.11 Å². The fraction of sp³-hybridized carbons (Fsp3) is 0.222. The lowest BCUT2D eigenvalue weighted by molar-refractivity contribution is 0.404. The second kappa shape index (κ2) is 6.29. The van der Waals surface area contributed by atoms with Gasteiger partial charge in [-0.2, -0.15) is 0 Å². The number of allylic oxidation sites excluding steroid dienone is 2. The number of methoxy groups -OCH3 is 1. The Labute approximate surface area is 120 Å². The molecule has 104 valence electrons. The molecule has 0 radical (unpaired) electrons. The zero-order valence-electron chi connectivity index (χ0n) is 12.2. The number of phenolic OH excluding ortho intramolecular Hbond substituents is 1. The minimum absolute atomic E-state index is 0.224. The molecular weight excluding hydrogens is 248 g/mol.